The molecule has 0 unspecified atom stereocenters. The molecule has 1 aliphatic rings. The van der Waals surface area contributed by atoms with Gasteiger partial charge >= 0.3 is 0 Å². The number of hydrogen-bond acceptors (Lipinski definition) is 4. The number of amides is 2. The highest BCUT2D eigenvalue weighted by Gasteiger charge is 2.23. The number of anilines is 2. The van der Waals surface area contributed by atoms with Gasteiger partial charge < -0.3 is 10.6 Å². The maximum absolute atomic E-state index is 13.2. The van der Waals surface area contributed by atoms with E-state index in [2.05, 4.69) is 15.4 Å². The minimum absolute atomic E-state index is 0.0124. The lowest BCUT2D eigenvalue weighted by molar-refractivity contribution is 0.0928. The van der Waals surface area contributed by atoms with E-state index in [1.807, 2.05) is 19.1 Å². The summed E-state index contributed by atoms with van der Waals surface area (Å²) in [6, 6.07) is 16.4. The van der Waals surface area contributed by atoms with Gasteiger partial charge in [0.05, 0.1) is 22.0 Å². The highest BCUT2D eigenvalue weighted by atomic mass is 35.5. The van der Waals surface area contributed by atoms with Gasteiger partial charge in [-0.05, 0) is 74.2 Å². The van der Waals surface area contributed by atoms with Crippen LogP contribution in [0.4, 0.5) is 11.4 Å². The van der Waals surface area contributed by atoms with Crippen LogP contribution in [0.3, 0.4) is 0 Å². The molecule has 4 rings (SSSR count). The standard InChI is InChI=1S/C28H30ClN3O4S/c1-18-12-13-19(2)25(16-18)32-37(35,36)26-17-20(14-15-23(26)29)27(33)31-24-11-7-6-10-22(24)28(34)30-21-8-4-3-5-9-21/h6-7,10-17,21,32H,3-5,8-9H2,1-2H3,(H,30,34)(H,31,33). The summed E-state index contributed by atoms with van der Waals surface area (Å²) in [6.45, 7) is 3.66. The van der Waals surface area contributed by atoms with Gasteiger partial charge in [-0.2, -0.15) is 0 Å². The van der Waals surface area contributed by atoms with Crippen LogP contribution in [0.25, 0.3) is 0 Å². The van der Waals surface area contributed by atoms with Gasteiger partial charge in [0.15, 0.2) is 0 Å². The fourth-order valence-corrected chi connectivity index (χ4v) is 6.04. The smallest absolute Gasteiger partial charge is 0.263 e. The third-order valence-electron chi connectivity index (χ3n) is 6.48. The SMILES string of the molecule is Cc1ccc(C)c(NS(=O)(=O)c2cc(C(=O)Nc3ccccc3C(=O)NC3CCCCC3)ccc2Cl)c1. The van der Waals surface area contributed by atoms with Crippen LogP contribution in [-0.2, 0) is 10.0 Å². The van der Waals surface area contributed by atoms with E-state index in [1.165, 1.54) is 24.6 Å². The molecule has 0 heterocycles. The summed E-state index contributed by atoms with van der Waals surface area (Å²) in [5.74, 6) is -0.808. The van der Waals surface area contributed by atoms with E-state index < -0.39 is 15.9 Å². The van der Waals surface area contributed by atoms with Gasteiger partial charge in [-0.15, -0.1) is 0 Å². The lowest BCUT2D eigenvalue weighted by Gasteiger charge is -2.23. The van der Waals surface area contributed by atoms with E-state index in [4.69, 9.17) is 11.6 Å². The molecule has 3 N–H and O–H groups in total. The second-order valence-electron chi connectivity index (χ2n) is 9.38. The molecule has 0 aromatic heterocycles. The largest absolute Gasteiger partial charge is 0.349 e. The molecule has 194 valence electrons. The van der Waals surface area contributed by atoms with Gasteiger partial charge in [0, 0.05) is 11.6 Å². The van der Waals surface area contributed by atoms with Crippen molar-refractivity contribution < 1.29 is 18.0 Å². The molecule has 0 bridgehead atoms. The first kappa shape index (κ1) is 26.7. The van der Waals surface area contributed by atoms with Crippen LogP contribution >= 0.6 is 11.6 Å². The first-order chi connectivity index (χ1) is 17.6. The van der Waals surface area contributed by atoms with Crippen molar-refractivity contribution in [3.8, 4) is 0 Å². The van der Waals surface area contributed by atoms with Gasteiger partial charge in [-0.25, -0.2) is 8.42 Å². The zero-order valence-corrected chi connectivity index (χ0v) is 22.4. The summed E-state index contributed by atoms with van der Waals surface area (Å²) in [4.78, 5) is 25.8. The molecule has 0 aliphatic heterocycles. The number of sulfonamides is 1. The summed E-state index contributed by atoms with van der Waals surface area (Å²) in [5.41, 5.74) is 2.86. The molecule has 0 saturated heterocycles. The van der Waals surface area contributed by atoms with Gasteiger partial charge in [0.1, 0.15) is 4.90 Å². The Balaban J connectivity index is 1.55. The highest BCUT2D eigenvalue weighted by Crippen LogP contribution is 2.28. The topological polar surface area (TPSA) is 104 Å². The van der Waals surface area contributed by atoms with E-state index in [0.29, 0.717) is 16.9 Å². The van der Waals surface area contributed by atoms with Crippen molar-refractivity contribution in [1.29, 1.82) is 0 Å². The van der Waals surface area contributed by atoms with Crippen molar-refractivity contribution in [1.82, 2.24) is 5.32 Å². The Morgan fingerprint density at radius 1 is 0.865 bits per heavy atom. The summed E-state index contributed by atoms with van der Waals surface area (Å²) in [5, 5.41) is 5.80. The maximum Gasteiger partial charge on any atom is 0.263 e. The minimum atomic E-state index is -4.08. The molecule has 3 aromatic rings. The number of rotatable bonds is 7. The molecule has 0 atom stereocenters. The monoisotopic (exact) mass is 539 g/mol. The van der Waals surface area contributed by atoms with E-state index in [9.17, 15) is 18.0 Å². The summed E-state index contributed by atoms with van der Waals surface area (Å²) in [6.07, 6.45) is 5.24. The average molecular weight is 540 g/mol. The molecule has 1 saturated carbocycles. The van der Waals surface area contributed by atoms with Crippen LogP contribution in [0, 0.1) is 13.8 Å². The number of para-hydroxylation sites is 1. The average Bonchev–Trinajstić information content (AvgIpc) is 2.87. The minimum Gasteiger partial charge on any atom is -0.349 e. The second kappa shape index (κ2) is 11.4. The Hall–Kier alpha value is -3.36. The van der Waals surface area contributed by atoms with Gasteiger partial charge in [-0.3, -0.25) is 14.3 Å². The zero-order chi connectivity index (χ0) is 26.6. The van der Waals surface area contributed by atoms with Crippen LogP contribution in [0.15, 0.2) is 65.6 Å². The second-order valence-corrected chi connectivity index (χ2v) is 11.4. The van der Waals surface area contributed by atoms with E-state index in [1.54, 1.807) is 37.3 Å². The quantitative estimate of drug-likeness (QED) is 0.339. The van der Waals surface area contributed by atoms with Gasteiger partial charge in [0.2, 0.25) is 0 Å². The van der Waals surface area contributed by atoms with Crippen molar-refractivity contribution in [2.24, 2.45) is 0 Å². The predicted octanol–water partition coefficient (Wildman–Crippen LogP) is 6.07. The summed E-state index contributed by atoms with van der Waals surface area (Å²) in [7, 11) is -4.08. The number of hydrogen-bond donors (Lipinski definition) is 3. The first-order valence-corrected chi connectivity index (χ1v) is 14.1. The lowest BCUT2D eigenvalue weighted by Crippen LogP contribution is -2.36. The maximum atomic E-state index is 13.2. The number of carbonyl (C=O) groups excluding carboxylic acids is 2. The van der Waals surface area contributed by atoms with Crippen LogP contribution in [0.2, 0.25) is 5.02 Å². The Kier molecular flexibility index (Phi) is 8.19. The zero-order valence-electron chi connectivity index (χ0n) is 20.8. The fourth-order valence-electron chi connectivity index (χ4n) is 4.39. The summed E-state index contributed by atoms with van der Waals surface area (Å²) < 4.78 is 28.9. The number of benzene rings is 3. The van der Waals surface area contributed by atoms with Gasteiger partial charge in [-0.1, -0.05) is 55.1 Å². The van der Waals surface area contributed by atoms with Gasteiger partial charge in [0.25, 0.3) is 21.8 Å². The molecule has 1 fully saturated rings. The predicted molar refractivity (Wildman–Crippen MR) is 147 cm³/mol. The van der Waals surface area contributed by atoms with E-state index >= 15 is 0 Å². The molecule has 2 amide bonds. The van der Waals surface area contributed by atoms with Crippen molar-refractivity contribution >= 4 is 44.8 Å². The first-order valence-electron chi connectivity index (χ1n) is 12.2. The number of nitrogens with one attached hydrogen (secondary N) is 3. The molecule has 7 nitrogen and oxygen atoms in total. The molecule has 9 heteroatoms. The van der Waals surface area contributed by atoms with E-state index in [-0.39, 0.29) is 27.4 Å². The van der Waals surface area contributed by atoms with Crippen molar-refractivity contribution in [3.63, 3.8) is 0 Å². The molecule has 37 heavy (non-hydrogen) atoms. The third kappa shape index (κ3) is 6.50. The molecule has 3 aromatic carbocycles. The molecular formula is C28H30ClN3O4S. The van der Waals surface area contributed by atoms with Crippen LogP contribution in [-0.4, -0.2) is 26.3 Å². The van der Waals surface area contributed by atoms with Crippen LogP contribution in [0.5, 0.6) is 0 Å². The lowest BCUT2D eigenvalue weighted by atomic mass is 9.95. The third-order valence-corrected chi connectivity index (χ3v) is 8.33. The fraction of sp³-hybridized carbons (Fsp3) is 0.286. The Morgan fingerprint density at radius 2 is 1.59 bits per heavy atom. The summed E-state index contributed by atoms with van der Waals surface area (Å²) >= 11 is 6.24. The number of carbonyl (C=O) groups is 2. The Morgan fingerprint density at radius 3 is 2.35 bits per heavy atom. The molecule has 0 radical (unpaired) electrons. The molecule has 1 aliphatic carbocycles. The molecule has 0 spiro atoms. The normalized spacial score (nSPS) is 14.1. The Bertz CT molecular complexity index is 1430. The number of aryl methyl sites for hydroxylation is 2. The Labute approximate surface area is 222 Å². The number of halogens is 1. The van der Waals surface area contributed by atoms with Crippen molar-refractivity contribution in [2.75, 3.05) is 10.0 Å². The van der Waals surface area contributed by atoms with Crippen LogP contribution < -0.4 is 15.4 Å². The highest BCUT2D eigenvalue weighted by molar-refractivity contribution is 7.92. The van der Waals surface area contributed by atoms with Crippen molar-refractivity contribution in [2.45, 2.75) is 56.9 Å². The van der Waals surface area contributed by atoms with Crippen LogP contribution in [0.1, 0.15) is 63.9 Å². The van der Waals surface area contributed by atoms with E-state index in [0.717, 1.165) is 36.8 Å². The van der Waals surface area contributed by atoms with Crippen molar-refractivity contribution in [3.05, 3.63) is 87.9 Å². The molecular weight excluding hydrogens is 510 g/mol.